The zero-order valence-electron chi connectivity index (χ0n) is 33.7. The Bertz CT molecular complexity index is 1490. The summed E-state index contributed by atoms with van der Waals surface area (Å²) in [4.78, 5) is 0. The SMILES string of the molecule is C[C@H]1O[C@@H](O[C@H]2CC[C@@]3(C)[C@@H](CC[C@]4(C)[C@@H]3C=C[C@]35OC[C@@]6(CCC(C)(C)C[C@H]63)[C@H](O)C[C@]54C)[C@]2(C)CO)[C@H](O)[C@@H](O[C@H]2O[C@@H](CO)[C@H](O)[C@@H](O)[C@@H]2O)[C@@H]1O. The van der Waals surface area contributed by atoms with Gasteiger partial charge in [-0.25, -0.2) is 0 Å². The lowest BCUT2D eigenvalue weighted by Gasteiger charge is -2.73. The van der Waals surface area contributed by atoms with Crippen LogP contribution in [0.1, 0.15) is 99.8 Å². The summed E-state index contributed by atoms with van der Waals surface area (Å²) in [6.45, 7) is 15.4. The molecule has 8 aliphatic rings. The maximum atomic E-state index is 12.1. The van der Waals surface area contributed by atoms with Crippen molar-refractivity contribution in [2.75, 3.05) is 19.8 Å². The van der Waals surface area contributed by atoms with Gasteiger partial charge in [-0.05, 0) is 86.4 Å². The second-order valence-corrected chi connectivity index (χ2v) is 21.0. The third-order valence-corrected chi connectivity index (χ3v) is 17.9. The molecule has 3 saturated heterocycles. The smallest absolute Gasteiger partial charge is 0.187 e. The minimum absolute atomic E-state index is 0.0414. The monoisotopic (exact) mass is 780 g/mol. The van der Waals surface area contributed by atoms with Crippen molar-refractivity contribution in [3.63, 3.8) is 0 Å². The van der Waals surface area contributed by atoms with Crippen LogP contribution in [0, 0.1) is 50.2 Å². The highest BCUT2D eigenvalue weighted by molar-refractivity contribution is 5.36. The molecule has 55 heavy (non-hydrogen) atoms. The van der Waals surface area contributed by atoms with Gasteiger partial charge in [0.1, 0.15) is 42.7 Å². The summed E-state index contributed by atoms with van der Waals surface area (Å²) in [5.74, 6) is 0.449. The molecule has 5 aliphatic carbocycles. The standard InChI is InChI=1S/C42H68O13/c1-21-28(46)33(55-34-31(49)30(48)29(47)22(18-43)53-34)32(50)35(52-21)54-27-10-11-37(4)23(38(27,5)19-44)8-12-39(6)24(37)9-13-42-25-16-36(2,3)14-15-41(25,20-51-42)26(45)17-40(39,42)7/h9,13,21-35,43-50H,8,10-12,14-20H2,1-7H3/t21-,22+,23-,24-,25-,26-,27+,28-,29+,30-,31+,32-,33+,34-,35+,37+,38+,39-,40+,41-,42+/m1/s1. The summed E-state index contributed by atoms with van der Waals surface area (Å²) < 4.78 is 31.2. The van der Waals surface area contributed by atoms with Gasteiger partial charge in [-0.2, -0.15) is 0 Å². The lowest BCUT2D eigenvalue weighted by Crippen LogP contribution is -2.72. The molecule has 8 rings (SSSR count). The fourth-order valence-corrected chi connectivity index (χ4v) is 14.3. The van der Waals surface area contributed by atoms with Crippen LogP contribution in [0.5, 0.6) is 0 Å². The number of rotatable bonds is 6. The van der Waals surface area contributed by atoms with Crippen molar-refractivity contribution in [2.24, 2.45) is 50.2 Å². The van der Waals surface area contributed by atoms with E-state index in [2.05, 4.69) is 53.7 Å². The molecule has 0 unspecified atom stereocenters. The van der Waals surface area contributed by atoms with Gasteiger partial charge in [0, 0.05) is 22.2 Å². The number of fused-ring (bicyclic) bond motifs is 4. The Morgan fingerprint density at radius 1 is 0.727 bits per heavy atom. The minimum Gasteiger partial charge on any atom is -0.396 e. The van der Waals surface area contributed by atoms with Crippen molar-refractivity contribution in [3.8, 4) is 0 Å². The summed E-state index contributed by atoms with van der Waals surface area (Å²) in [5, 5.41) is 87.0. The lowest BCUT2D eigenvalue weighted by atomic mass is 9.32. The summed E-state index contributed by atoms with van der Waals surface area (Å²) in [5.41, 5.74) is -1.90. The second kappa shape index (κ2) is 13.4. The zero-order valence-corrected chi connectivity index (χ0v) is 33.7. The first-order valence-electron chi connectivity index (χ1n) is 20.9. The Morgan fingerprint density at radius 2 is 1.44 bits per heavy atom. The molecule has 0 aromatic heterocycles. The number of allylic oxidation sites excluding steroid dienone is 1. The molecule has 314 valence electrons. The van der Waals surface area contributed by atoms with Crippen molar-refractivity contribution in [3.05, 3.63) is 12.2 Å². The van der Waals surface area contributed by atoms with Gasteiger partial charge in [0.25, 0.3) is 0 Å². The first-order chi connectivity index (χ1) is 25.7. The topological polar surface area (TPSA) is 208 Å². The highest BCUT2D eigenvalue weighted by Crippen LogP contribution is 2.79. The van der Waals surface area contributed by atoms with Crippen LogP contribution in [0.25, 0.3) is 0 Å². The van der Waals surface area contributed by atoms with Gasteiger partial charge >= 0.3 is 0 Å². The molecule has 0 aromatic carbocycles. The molecule has 0 aromatic rings. The summed E-state index contributed by atoms with van der Waals surface area (Å²) in [6, 6.07) is 0. The normalized spacial score (nSPS) is 59.7. The maximum absolute atomic E-state index is 12.1. The third-order valence-electron chi connectivity index (χ3n) is 17.9. The number of aliphatic hydroxyl groups is 8. The molecule has 7 fully saturated rings. The van der Waals surface area contributed by atoms with E-state index in [1.807, 2.05) is 0 Å². The average Bonchev–Trinajstić information content (AvgIpc) is 3.41. The van der Waals surface area contributed by atoms with Crippen LogP contribution in [0.3, 0.4) is 0 Å². The Kier molecular flexibility index (Phi) is 9.95. The van der Waals surface area contributed by atoms with E-state index in [-0.39, 0.29) is 51.4 Å². The van der Waals surface area contributed by atoms with E-state index in [0.717, 1.165) is 38.5 Å². The summed E-state index contributed by atoms with van der Waals surface area (Å²) in [7, 11) is 0. The number of aliphatic hydroxyl groups excluding tert-OH is 8. The van der Waals surface area contributed by atoms with E-state index in [1.54, 1.807) is 6.92 Å². The Hall–Kier alpha value is -0.780. The number of ether oxygens (including phenoxy) is 5. The molecule has 13 nitrogen and oxygen atoms in total. The lowest BCUT2D eigenvalue weighted by molar-refractivity contribution is -0.367. The Balaban J connectivity index is 1.05. The number of hydrogen-bond acceptors (Lipinski definition) is 13. The van der Waals surface area contributed by atoms with Crippen molar-refractivity contribution >= 4 is 0 Å². The van der Waals surface area contributed by atoms with E-state index in [0.29, 0.717) is 19.4 Å². The third kappa shape index (κ3) is 5.44. The molecular weight excluding hydrogens is 712 g/mol. The van der Waals surface area contributed by atoms with Crippen LogP contribution in [-0.2, 0) is 23.7 Å². The highest BCUT2D eigenvalue weighted by atomic mass is 16.7. The van der Waals surface area contributed by atoms with Crippen LogP contribution in [-0.4, -0.2) is 140 Å². The van der Waals surface area contributed by atoms with Crippen molar-refractivity contribution < 1.29 is 64.5 Å². The fraction of sp³-hybridized carbons (Fsp3) is 0.952. The molecule has 13 heteroatoms. The predicted octanol–water partition coefficient (Wildman–Crippen LogP) is 1.78. The molecule has 1 spiro atoms. The Labute approximate surface area is 325 Å². The maximum Gasteiger partial charge on any atom is 0.187 e. The first-order valence-corrected chi connectivity index (χ1v) is 20.9. The van der Waals surface area contributed by atoms with Gasteiger partial charge in [0.15, 0.2) is 12.6 Å². The molecule has 2 bridgehead atoms. The molecule has 0 radical (unpaired) electrons. The van der Waals surface area contributed by atoms with E-state index in [4.69, 9.17) is 23.7 Å². The van der Waals surface area contributed by atoms with Crippen molar-refractivity contribution in [2.45, 2.75) is 179 Å². The van der Waals surface area contributed by atoms with Crippen LogP contribution >= 0.6 is 0 Å². The van der Waals surface area contributed by atoms with E-state index < -0.39 is 91.2 Å². The van der Waals surface area contributed by atoms with Gasteiger partial charge in [0.2, 0.25) is 0 Å². The van der Waals surface area contributed by atoms with Crippen LogP contribution < -0.4 is 0 Å². The zero-order chi connectivity index (χ0) is 39.9. The molecule has 3 aliphatic heterocycles. The van der Waals surface area contributed by atoms with E-state index in [1.165, 1.54) is 0 Å². The highest BCUT2D eigenvalue weighted by Gasteiger charge is 2.79. The second-order valence-electron chi connectivity index (χ2n) is 21.0. The molecule has 3 heterocycles. The van der Waals surface area contributed by atoms with Gasteiger partial charge in [-0.1, -0.05) is 53.7 Å². The first kappa shape index (κ1) is 41.0. The Morgan fingerprint density at radius 3 is 2.13 bits per heavy atom. The van der Waals surface area contributed by atoms with Gasteiger partial charge in [-0.3, -0.25) is 0 Å². The predicted molar refractivity (Wildman–Crippen MR) is 197 cm³/mol. The summed E-state index contributed by atoms with van der Waals surface area (Å²) >= 11 is 0. The quantitative estimate of drug-likeness (QED) is 0.143. The largest absolute Gasteiger partial charge is 0.396 e. The van der Waals surface area contributed by atoms with Gasteiger partial charge in [-0.15, -0.1) is 0 Å². The molecule has 21 atom stereocenters. The van der Waals surface area contributed by atoms with Gasteiger partial charge < -0.3 is 64.5 Å². The van der Waals surface area contributed by atoms with Crippen LogP contribution in [0.15, 0.2) is 12.2 Å². The van der Waals surface area contributed by atoms with E-state index >= 15 is 0 Å². The van der Waals surface area contributed by atoms with Crippen molar-refractivity contribution in [1.82, 2.24) is 0 Å². The molecule has 0 amide bonds. The van der Waals surface area contributed by atoms with Crippen LogP contribution in [0.4, 0.5) is 0 Å². The molecular formula is C42H68O13. The minimum atomic E-state index is -1.72. The average molecular weight is 781 g/mol. The summed E-state index contributed by atoms with van der Waals surface area (Å²) in [6.07, 6.45) is -3.39. The van der Waals surface area contributed by atoms with Crippen LogP contribution in [0.2, 0.25) is 0 Å². The van der Waals surface area contributed by atoms with Gasteiger partial charge in [0.05, 0.1) is 43.7 Å². The number of hydrogen-bond donors (Lipinski definition) is 8. The fourth-order valence-electron chi connectivity index (χ4n) is 14.3. The molecule has 4 saturated carbocycles. The molecule has 8 N–H and O–H groups in total. The van der Waals surface area contributed by atoms with Crippen molar-refractivity contribution in [1.29, 1.82) is 0 Å². The van der Waals surface area contributed by atoms with E-state index in [9.17, 15) is 40.9 Å².